The van der Waals surface area contributed by atoms with Gasteiger partial charge in [0.25, 0.3) is 6.43 Å². The summed E-state index contributed by atoms with van der Waals surface area (Å²) in [5.41, 5.74) is 0. The van der Waals surface area contributed by atoms with E-state index in [9.17, 15) is 13.2 Å². The molecule has 0 nitrogen and oxygen atoms in total. The summed E-state index contributed by atoms with van der Waals surface area (Å²) in [6.07, 6.45) is -4.83. The third-order valence-electron chi connectivity index (χ3n) is 0.663. The smallest absolute Gasteiger partial charge is 0.269 e. The van der Waals surface area contributed by atoms with Crippen molar-refractivity contribution in [3.63, 3.8) is 0 Å². The van der Waals surface area contributed by atoms with Crippen LogP contribution in [0.15, 0.2) is 0 Å². The van der Waals surface area contributed by atoms with E-state index in [4.69, 9.17) is 0 Å². The number of halogens is 6. The topological polar surface area (TPSA) is 0 Å². The van der Waals surface area contributed by atoms with Gasteiger partial charge < -0.3 is 14.1 Å². The van der Waals surface area contributed by atoms with Gasteiger partial charge in [0.2, 0.25) is 0 Å². The minimum absolute atomic E-state index is 0. The first kappa shape index (κ1) is 22.7. The summed E-state index contributed by atoms with van der Waals surface area (Å²) >= 11 is 0. The Kier molecular flexibility index (Phi) is 25.8. The molecule has 10 heavy (non-hydrogen) atoms. The Morgan fingerprint density at radius 1 is 1.00 bits per heavy atom. The zero-order valence-electron chi connectivity index (χ0n) is 5.13. The quantitative estimate of drug-likeness (QED) is 0.360. The zero-order valence-corrected chi connectivity index (χ0v) is 5.13. The third kappa shape index (κ3) is 10.5. The van der Waals surface area contributed by atoms with Gasteiger partial charge in [0.05, 0.1) is 0 Å². The van der Waals surface area contributed by atoms with Gasteiger partial charge in [0.1, 0.15) is 0 Å². The molecule has 0 aromatic heterocycles. The molecule has 1 unspecified atom stereocenters. The Labute approximate surface area is 54.5 Å². The van der Waals surface area contributed by atoms with E-state index in [0.717, 1.165) is 0 Å². The molecule has 0 rings (SSSR count). The van der Waals surface area contributed by atoms with Crippen LogP contribution in [-0.2, 0) is 0 Å². The summed E-state index contributed by atoms with van der Waals surface area (Å²) in [4.78, 5) is 0. The molecule has 0 fully saturated rings. The summed E-state index contributed by atoms with van der Waals surface area (Å²) in [6, 6.07) is 0. The molecule has 0 radical (unpaired) electrons. The molecule has 6 heteroatoms. The van der Waals surface area contributed by atoms with Crippen LogP contribution in [0.1, 0.15) is 13.3 Å². The molecule has 0 N–H and O–H groups in total. The first-order valence-electron chi connectivity index (χ1n) is 2.10. The van der Waals surface area contributed by atoms with Crippen molar-refractivity contribution < 1.29 is 27.3 Å². The lowest BCUT2D eigenvalue weighted by atomic mass is 10.3. The molecule has 0 aliphatic carbocycles. The predicted octanol–water partition coefficient (Wildman–Crippen LogP) is -6.99. The highest BCUT2D eigenvalue weighted by Crippen LogP contribution is 2.07. The van der Waals surface area contributed by atoms with Crippen molar-refractivity contribution >= 4 is 0 Å². The van der Waals surface area contributed by atoms with Gasteiger partial charge in [-0.1, -0.05) is 6.92 Å². The van der Waals surface area contributed by atoms with Gasteiger partial charge in [0.15, 0.2) is 6.17 Å². The summed E-state index contributed by atoms with van der Waals surface area (Å²) < 4.78 is 33.6. The van der Waals surface area contributed by atoms with Gasteiger partial charge in [-0.25, -0.2) is 13.2 Å². The fourth-order valence-corrected chi connectivity index (χ4v) is 0.178. The lowest BCUT2D eigenvalue weighted by Crippen LogP contribution is -3.00. The first-order chi connectivity index (χ1) is 3.18. The molecule has 68 valence electrons. The van der Waals surface area contributed by atoms with Gasteiger partial charge in [-0.2, -0.15) is 0 Å². The summed E-state index contributed by atoms with van der Waals surface area (Å²) in [5.74, 6) is 0. The second kappa shape index (κ2) is 11.4. The monoisotopic (exact) mass is 169 g/mol. The Bertz CT molecular complexity index is 47.0. The average Bonchev–Trinajstić information content (AvgIpc) is 1.65. The summed E-state index contributed by atoms with van der Waals surface area (Å²) in [5, 5.41) is 0. The first-order valence-corrected chi connectivity index (χ1v) is 2.10. The maximum Gasteiger partial charge on any atom is 0.269 e. The zero-order chi connectivity index (χ0) is 5.86. The molecule has 0 aliphatic heterocycles. The van der Waals surface area contributed by atoms with E-state index in [1.54, 1.807) is 0 Å². The number of alkyl halides is 3. The highest BCUT2D eigenvalue weighted by molar-refractivity contribution is 4.52. The fraction of sp³-hybridized carbons (Fsp3) is 1.00. The highest BCUT2D eigenvalue weighted by atomic mass is 19.3. The summed E-state index contributed by atoms with van der Waals surface area (Å²) in [7, 11) is 0. The number of rotatable bonds is 2. The van der Waals surface area contributed by atoms with Gasteiger partial charge in [-0.3, -0.25) is 0 Å². The fourth-order valence-electron chi connectivity index (χ4n) is 0.178. The second-order valence-electron chi connectivity index (χ2n) is 1.26. The maximum absolute atomic E-state index is 11.5. The molecular weight excluding hydrogens is 162 g/mol. The highest BCUT2D eigenvalue weighted by Gasteiger charge is 2.15. The van der Waals surface area contributed by atoms with E-state index in [0.29, 0.717) is 0 Å². The molecule has 0 saturated carbocycles. The minimum atomic E-state index is -2.80. The predicted molar refractivity (Wildman–Crippen MR) is 21.2 cm³/mol. The van der Waals surface area contributed by atoms with Gasteiger partial charge in [-0.15, -0.1) is 0 Å². The van der Waals surface area contributed by atoms with Crippen molar-refractivity contribution in [3.05, 3.63) is 0 Å². The van der Waals surface area contributed by atoms with Crippen molar-refractivity contribution in [1.82, 2.24) is 0 Å². The summed E-state index contributed by atoms with van der Waals surface area (Å²) in [6.45, 7) is 1.39. The average molecular weight is 169 g/mol. The van der Waals surface area contributed by atoms with Crippen LogP contribution >= 0.6 is 0 Å². The molecule has 0 aromatic carbocycles. The standard InChI is InChI=1S/C4H7F3.3FH/c1-2-3(5)4(6)7;;;/h3-4H,2H2,1H3;3*1H/p-3. The van der Waals surface area contributed by atoms with Crippen LogP contribution in [0, 0.1) is 0 Å². The van der Waals surface area contributed by atoms with E-state index in [1.807, 2.05) is 0 Å². The molecule has 0 aromatic rings. The molecule has 0 saturated heterocycles. The van der Waals surface area contributed by atoms with Crippen LogP contribution in [-0.4, -0.2) is 12.6 Å². The van der Waals surface area contributed by atoms with E-state index in [2.05, 4.69) is 0 Å². The molecular formula is C4H7F6-3. The van der Waals surface area contributed by atoms with Crippen molar-refractivity contribution in [2.75, 3.05) is 0 Å². The number of hydrogen-bond acceptors (Lipinski definition) is 0. The second-order valence-corrected chi connectivity index (χ2v) is 1.26. The van der Waals surface area contributed by atoms with Crippen LogP contribution < -0.4 is 14.1 Å². The van der Waals surface area contributed by atoms with Crippen molar-refractivity contribution in [2.24, 2.45) is 0 Å². The molecule has 0 spiro atoms. The Hall–Kier alpha value is -0.420. The molecule has 0 aliphatic rings. The van der Waals surface area contributed by atoms with Gasteiger partial charge in [-0.05, 0) is 6.42 Å². The molecule has 1 atom stereocenters. The van der Waals surface area contributed by atoms with Gasteiger partial charge >= 0.3 is 0 Å². The lowest BCUT2D eigenvalue weighted by molar-refractivity contribution is -0.00100. The van der Waals surface area contributed by atoms with Crippen LogP contribution in [0.25, 0.3) is 0 Å². The minimum Gasteiger partial charge on any atom is -1.00 e. The normalized spacial score (nSPS) is 10.5. The van der Waals surface area contributed by atoms with Crippen LogP contribution in [0.3, 0.4) is 0 Å². The Morgan fingerprint density at radius 2 is 1.30 bits per heavy atom. The maximum atomic E-state index is 11.5. The number of hydrogen-bond donors (Lipinski definition) is 0. The third-order valence-corrected chi connectivity index (χ3v) is 0.663. The Morgan fingerprint density at radius 3 is 1.30 bits per heavy atom. The van der Waals surface area contributed by atoms with Crippen molar-refractivity contribution in [3.8, 4) is 0 Å². The van der Waals surface area contributed by atoms with Crippen LogP contribution in [0.4, 0.5) is 13.2 Å². The largest absolute Gasteiger partial charge is 1.00 e. The Balaban J connectivity index is -0.0000000600. The van der Waals surface area contributed by atoms with Crippen molar-refractivity contribution in [1.29, 1.82) is 0 Å². The SMILES string of the molecule is CCC(F)C(F)F.[F-].[F-].[F-]. The van der Waals surface area contributed by atoms with E-state index in [1.165, 1.54) is 6.92 Å². The van der Waals surface area contributed by atoms with Crippen LogP contribution in [0.5, 0.6) is 0 Å². The van der Waals surface area contributed by atoms with Crippen LogP contribution in [0.2, 0.25) is 0 Å². The van der Waals surface area contributed by atoms with Gasteiger partial charge in [0, 0.05) is 0 Å². The lowest BCUT2D eigenvalue weighted by Gasteiger charge is -1.99. The van der Waals surface area contributed by atoms with E-state index < -0.39 is 12.6 Å². The van der Waals surface area contributed by atoms with E-state index in [-0.39, 0.29) is 20.5 Å². The van der Waals surface area contributed by atoms with E-state index >= 15 is 0 Å². The molecule has 0 heterocycles. The molecule has 0 bridgehead atoms. The molecule has 0 amide bonds. The van der Waals surface area contributed by atoms with Crippen molar-refractivity contribution in [2.45, 2.75) is 25.9 Å².